The van der Waals surface area contributed by atoms with E-state index >= 15 is 0 Å². The zero-order chi connectivity index (χ0) is 17.4. The topological polar surface area (TPSA) is 92.7 Å². The molecule has 1 atom stereocenters. The first kappa shape index (κ1) is 17.0. The molecule has 1 aliphatic carbocycles. The average molecular weight is 348 g/mol. The molecule has 1 saturated heterocycles. The van der Waals surface area contributed by atoms with Crippen LogP contribution in [0.5, 0.6) is 0 Å². The molecule has 3 N–H and O–H groups in total. The van der Waals surface area contributed by atoms with Gasteiger partial charge in [0.15, 0.2) is 0 Å². The second kappa shape index (κ2) is 6.70. The summed E-state index contributed by atoms with van der Waals surface area (Å²) in [5.74, 6) is 0.510. The van der Waals surface area contributed by atoms with E-state index in [0.717, 1.165) is 63.9 Å². The third-order valence-electron chi connectivity index (χ3n) is 6.34. The summed E-state index contributed by atoms with van der Waals surface area (Å²) in [6.45, 7) is 2.65. The minimum absolute atomic E-state index is 0.201. The number of aliphatic hydroxyl groups excluding tert-OH is 2. The number of carbonyl (C=O) groups is 1. The minimum atomic E-state index is -0.700. The highest BCUT2D eigenvalue weighted by Gasteiger charge is 2.50. The molecule has 0 radical (unpaired) electrons. The van der Waals surface area contributed by atoms with Gasteiger partial charge >= 0.3 is 0 Å². The van der Waals surface area contributed by atoms with E-state index in [1.165, 1.54) is 5.69 Å². The molecular weight excluding hydrogens is 320 g/mol. The predicted octanol–water partition coefficient (Wildman–Crippen LogP) is 0.239. The number of hydrogen-bond donors (Lipinski definition) is 3. The number of likely N-dealkylation sites (tertiary alicyclic amines) is 1. The molecule has 3 aliphatic rings. The van der Waals surface area contributed by atoms with E-state index in [1.807, 2.05) is 0 Å². The van der Waals surface area contributed by atoms with E-state index in [-0.39, 0.29) is 18.1 Å². The summed E-state index contributed by atoms with van der Waals surface area (Å²) in [5.41, 5.74) is 1.91. The molecule has 1 aromatic heterocycles. The van der Waals surface area contributed by atoms with E-state index in [1.54, 1.807) is 6.33 Å². The summed E-state index contributed by atoms with van der Waals surface area (Å²) >= 11 is 0. The fourth-order valence-corrected chi connectivity index (χ4v) is 4.64. The fraction of sp³-hybridized carbons (Fsp3) is 0.778. The molecule has 7 heteroatoms. The Balaban J connectivity index is 1.56. The summed E-state index contributed by atoms with van der Waals surface area (Å²) < 4.78 is 0. The van der Waals surface area contributed by atoms with Crippen molar-refractivity contribution < 1.29 is 15.0 Å². The standard InChI is InChI=1S/C18H28N4O3/c23-11-14(24)10-21-8-5-18(6-9-21)16-15(19-12-20-16)4-7-22(18)17(25)13-2-1-3-13/h12-14,23-24H,1-11H2,(H,19,20). The second-order valence-electron chi connectivity index (χ2n) is 7.77. The summed E-state index contributed by atoms with van der Waals surface area (Å²) in [7, 11) is 0. The van der Waals surface area contributed by atoms with Crippen LogP contribution in [0, 0.1) is 5.92 Å². The molecule has 1 aromatic rings. The van der Waals surface area contributed by atoms with Gasteiger partial charge in [0.05, 0.1) is 30.3 Å². The SMILES string of the molecule is O=C(C1CCC1)N1CCc2[nH]cnc2C12CCN(CC(O)CO)CC2. The van der Waals surface area contributed by atoms with Gasteiger partial charge in [0.2, 0.25) is 5.91 Å². The van der Waals surface area contributed by atoms with Gasteiger partial charge in [-0.05, 0) is 25.7 Å². The van der Waals surface area contributed by atoms with Crippen molar-refractivity contribution in [2.24, 2.45) is 5.92 Å². The maximum absolute atomic E-state index is 13.1. The number of imidazole rings is 1. The van der Waals surface area contributed by atoms with Crippen LogP contribution in [-0.4, -0.2) is 74.8 Å². The van der Waals surface area contributed by atoms with Crippen LogP contribution in [0.4, 0.5) is 0 Å². The normalized spacial score (nSPS) is 24.8. The number of hydrogen-bond acceptors (Lipinski definition) is 5. The van der Waals surface area contributed by atoms with Crippen molar-refractivity contribution in [3.05, 3.63) is 17.7 Å². The van der Waals surface area contributed by atoms with Crippen molar-refractivity contribution >= 4 is 5.91 Å². The lowest BCUT2D eigenvalue weighted by Gasteiger charge is -2.52. The molecule has 2 fully saturated rings. The van der Waals surface area contributed by atoms with Crippen LogP contribution >= 0.6 is 0 Å². The molecule has 25 heavy (non-hydrogen) atoms. The van der Waals surface area contributed by atoms with Gasteiger partial charge in [-0.1, -0.05) is 6.42 Å². The van der Waals surface area contributed by atoms with Crippen molar-refractivity contribution in [1.29, 1.82) is 0 Å². The van der Waals surface area contributed by atoms with Crippen molar-refractivity contribution in [3.8, 4) is 0 Å². The van der Waals surface area contributed by atoms with Crippen LogP contribution < -0.4 is 0 Å². The zero-order valence-electron chi connectivity index (χ0n) is 14.7. The van der Waals surface area contributed by atoms with Crippen molar-refractivity contribution in [2.45, 2.75) is 50.2 Å². The summed E-state index contributed by atoms with van der Waals surface area (Å²) in [4.78, 5) is 25.3. The lowest BCUT2D eigenvalue weighted by atomic mass is 9.76. The highest BCUT2D eigenvalue weighted by Crippen LogP contribution is 2.44. The Kier molecular flexibility index (Phi) is 4.56. The lowest BCUT2D eigenvalue weighted by molar-refractivity contribution is -0.149. The molecular formula is C18H28N4O3. The van der Waals surface area contributed by atoms with E-state index in [2.05, 4.69) is 19.8 Å². The van der Waals surface area contributed by atoms with Gasteiger partial charge in [-0.3, -0.25) is 4.79 Å². The predicted molar refractivity (Wildman–Crippen MR) is 91.8 cm³/mol. The van der Waals surface area contributed by atoms with Gasteiger partial charge in [-0.25, -0.2) is 4.98 Å². The van der Waals surface area contributed by atoms with E-state index in [9.17, 15) is 9.90 Å². The maximum atomic E-state index is 13.1. The first-order chi connectivity index (χ1) is 12.1. The number of nitrogens with one attached hydrogen (secondary N) is 1. The van der Waals surface area contributed by atoms with Gasteiger partial charge in [-0.2, -0.15) is 0 Å². The third-order valence-corrected chi connectivity index (χ3v) is 6.34. The minimum Gasteiger partial charge on any atom is -0.394 e. The smallest absolute Gasteiger partial charge is 0.226 e. The van der Waals surface area contributed by atoms with Crippen LogP contribution in [0.3, 0.4) is 0 Å². The number of piperidine rings is 1. The number of H-pyrrole nitrogens is 1. The van der Waals surface area contributed by atoms with Crippen molar-refractivity contribution in [2.75, 3.05) is 32.8 Å². The Morgan fingerprint density at radius 2 is 2.12 bits per heavy atom. The lowest BCUT2D eigenvalue weighted by Crippen LogP contribution is -2.60. The molecule has 1 spiro atoms. The maximum Gasteiger partial charge on any atom is 0.226 e. The monoisotopic (exact) mass is 348 g/mol. The Bertz CT molecular complexity index is 620. The number of β-amino-alcohol motifs (C(OH)–C–C–N with tert-alkyl or cyclic N) is 1. The van der Waals surface area contributed by atoms with Gasteiger partial charge < -0.3 is 25.0 Å². The van der Waals surface area contributed by atoms with Crippen LogP contribution in [-0.2, 0) is 16.8 Å². The van der Waals surface area contributed by atoms with E-state index in [4.69, 9.17) is 5.11 Å². The van der Waals surface area contributed by atoms with Crippen LogP contribution in [0.1, 0.15) is 43.5 Å². The summed E-state index contributed by atoms with van der Waals surface area (Å²) in [6.07, 6.45) is 6.78. The number of aliphatic hydroxyl groups is 2. The first-order valence-corrected chi connectivity index (χ1v) is 9.49. The molecule has 2 aliphatic heterocycles. The highest BCUT2D eigenvalue weighted by molar-refractivity contribution is 5.81. The molecule has 138 valence electrons. The zero-order valence-corrected chi connectivity index (χ0v) is 14.7. The number of aromatic amines is 1. The molecule has 1 saturated carbocycles. The Morgan fingerprint density at radius 1 is 1.36 bits per heavy atom. The van der Waals surface area contributed by atoms with Gasteiger partial charge in [0.1, 0.15) is 0 Å². The Morgan fingerprint density at radius 3 is 2.76 bits per heavy atom. The molecule has 0 aromatic carbocycles. The summed E-state index contributed by atoms with van der Waals surface area (Å²) in [6, 6.07) is 0. The van der Waals surface area contributed by atoms with Gasteiger partial charge in [0.25, 0.3) is 0 Å². The molecule has 1 amide bonds. The molecule has 4 rings (SSSR count). The average Bonchev–Trinajstić information content (AvgIpc) is 3.05. The number of aromatic nitrogens is 2. The van der Waals surface area contributed by atoms with E-state index < -0.39 is 6.10 Å². The number of carbonyl (C=O) groups excluding carboxylic acids is 1. The number of nitrogens with zero attached hydrogens (tertiary/aromatic N) is 3. The number of fused-ring (bicyclic) bond motifs is 2. The Hall–Kier alpha value is -1.44. The number of amides is 1. The van der Waals surface area contributed by atoms with Crippen molar-refractivity contribution in [3.63, 3.8) is 0 Å². The van der Waals surface area contributed by atoms with Crippen LogP contribution in [0.2, 0.25) is 0 Å². The first-order valence-electron chi connectivity index (χ1n) is 9.49. The molecule has 1 unspecified atom stereocenters. The van der Waals surface area contributed by atoms with Gasteiger partial charge in [0, 0.05) is 44.2 Å². The molecule has 3 heterocycles. The number of rotatable bonds is 4. The molecule has 7 nitrogen and oxygen atoms in total. The highest BCUT2D eigenvalue weighted by atomic mass is 16.3. The molecule has 0 bridgehead atoms. The fourth-order valence-electron chi connectivity index (χ4n) is 4.64. The van der Waals surface area contributed by atoms with Crippen LogP contribution in [0.15, 0.2) is 6.33 Å². The third kappa shape index (κ3) is 2.88. The quantitative estimate of drug-likeness (QED) is 0.725. The largest absolute Gasteiger partial charge is 0.394 e. The van der Waals surface area contributed by atoms with Crippen molar-refractivity contribution in [1.82, 2.24) is 19.8 Å². The van der Waals surface area contributed by atoms with Crippen LogP contribution in [0.25, 0.3) is 0 Å². The summed E-state index contributed by atoms with van der Waals surface area (Å²) in [5, 5.41) is 18.8. The van der Waals surface area contributed by atoms with Gasteiger partial charge in [-0.15, -0.1) is 0 Å². The van der Waals surface area contributed by atoms with E-state index in [0.29, 0.717) is 12.5 Å². The second-order valence-corrected chi connectivity index (χ2v) is 7.77. The Labute approximate surface area is 148 Å².